The van der Waals surface area contributed by atoms with E-state index in [2.05, 4.69) is 5.32 Å². The number of carboxylic acid groups (broad SMARTS) is 1. The summed E-state index contributed by atoms with van der Waals surface area (Å²) in [4.78, 5) is 22.7. The standard InChI is InChI=1S/C14H18FNO4/c1-3-4-11(14(18)19)16-13(17)8-9-5-6-12(20-2)10(15)7-9/h5-7,11H,3-4,8H2,1-2H3,(H,16,17)(H,18,19)/t11-/m0/s1. The first-order valence-electron chi connectivity index (χ1n) is 6.32. The molecule has 0 heterocycles. The highest BCUT2D eigenvalue weighted by Crippen LogP contribution is 2.17. The lowest BCUT2D eigenvalue weighted by Crippen LogP contribution is -2.41. The van der Waals surface area contributed by atoms with Crippen molar-refractivity contribution >= 4 is 11.9 Å². The number of ether oxygens (including phenoxy) is 1. The summed E-state index contributed by atoms with van der Waals surface area (Å²) in [6.07, 6.45) is 0.931. The monoisotopic (exact) mass is 283 g/mol. The Labute approximate surface area is 116 Å². The average Bonchev–Trinajstić information content (AvgIpc) is 2.38. The van der Waals surface area contributed by atoms with Crippen molar-refractivity contribution in [3.63, 3.8) is 0 Å². The predicted molar refractivity (Wildman–Crippen MR) is 71.1 cm³/mol. The summed E-state index contributed by atoms with van der Waals surface area (Å²) in [7, 11) is 1.35. The number of carbonyl (C=O) groups is 2. The summed E-state index contributed by atoms with van der Waals surface area (Å²) in [6, 6.07) is 3.29. The second kappa shape index (κ2) is 7.47. The van der Waals surface area contributed by atoms with Gasteiger partial charge in [0.1, 0.15) is 6.04 Å². The number of aliphatic carboxylic acids is 1. The van der Waals surface area contributed by atoms with E-state index < -0.39 is 23.7 Å². The van der Waals surface area contributed by atoms with Gasteiger partial charge in [-0.1, -0.05) is 19.4 Å². The van der Waals surface area contributed by atoms with Crippen LogP contribution in [0.2, 0.25) is 0 Å². The number of methoxy groups -OCH3 is 1. The van der Waals surface area contributed by atoms with Crippen LogP contribution in [-0.2, 0) is 16.0 Å². The molecule has 2 N–H and O–H groups in total. The number of nitrogens with one attached hydrogen (secondary N) is 1. The lowest BCUT2D eigenvalue weighted by molar-refractivity contribution is -0.141. The lowest BCUT2D eigenvalue weighted by atomic mass is 10.1. The van der Waals surface area contributed by atoms with E-state index in [1.165, 1.54) is 19.2 Å². The molecular formula is C14H18FNO4. The Morgan fingerprint density at radius 1 is 1.45 bits per heavy atom. The maximum Gasteiger partial charge on any atom is 0.326 e. The third kappa shape index (κ3) is 4.53. The Balaban J connectivity index is 2.66. The van der Waals surface area contributed by atoms with Crippen molar-refractivity contribution < 1.29 is 23.8 Å². The normalized spacial score (nSPS) is 11.8. The second-order valence-electron chi connectivity index (χ2n) is 4.39. The van der Waals surface area contributed by atoms with Crippen LogP contribution >= 0.6 is 0 Å². The van der Waals surface area contributed by atoms with E-state index in [9.17, 15) is 14.0 Å². The van der Waals surface area contributed by atoms with Crippen molar-refractivity contribution in [2.24, 2.45) is 0 Å². The van der Waals surface area contributed by atoms with Crippen LogP contribution in [0.15, 0.2) is 18.2 Å². The Morgan fingerprint density at radius 2 is 2.15 bits per heavy atom. The third-order valence-electron chi connectivity index (χ3n) is 2.79. The molecule has 0 fully saturated rings. The molecule has 5 nitrogen and oxygen atoms in total. The Morgan fingerprint density at radius 3 is 2.65 bits per heavy atom. The average molecular weight is 283 g/mol. The minimum atomic E-state index is -1.07. The summed E-state index contributed by atoms with van der Waals surface area (Å²) in [5.74, 6) is -1.97. The van der Waals surface area contributed by atoms with Gasteiger partial charge in [0.15, 0.2) is 11.6 Å². The SMILES string of the molecule is CCC[C@H](NC(=O)Cc1ccc(OC)c(F)c1)C(=O)O. The first kappa shape index (κ1) is 15.9. The zero-order chi connectivity index (χ0) is 15.1. The topological polar surface area (TPSA) is 75.6 Å². The molecule has 0 aliphatic heterocycles. The summed E-state index contributed by atoms with van der Waals surface area (Å²) >= 11 is 0. The van der Waals surface area contributed by atoms with Crippen molar-refractivity contribution in [2.75, 3.05) is 7.11 Å². The van der Waals surface area contributed by atoms with Crippen molar-refractivity contribution in [2.45, 2.75) is 32.2 Å². The fourth-order valence-corrected chi connectivity index (χ4v) is 1.80. The number of hydrogen-bond acceptors (Lipinski definition) is 3. The van der Waals surface area contributed by atoms with Gasteiger partial charge in [-0.15, -0.1) is 0 Å². The van der Waals surface area contributed by atoms with Crippen molar-refractivity contribution in [3.8, 4) is 5.75 Å². The van der Waals surface area contributed by atoms with Gasteiger partial charge in [-0.2, -0.15) is 0 Å². The third-order valence-corrected chi connectivity index (χ3v) is 2.79. The number of amides is 1. The number of rotatable bonds is 7. The molecule has 110 valence electrons. The van der Waals surface area contributed by atoms with Crippen LogP contribution in [0, 0.1) is 5.82 Å². The second-order valence-corrected chi connectivity index (χ2v) is 4.39. The maximum absolute atomic E-state index is 13.5. The molecule has 6 heteroatoms. The number of carboxylic acids is 1. The van der Waals surface area contributed by atoms with Gasteiger partial charge in [0.2, 0.25) is 5.91 Å². The smallest absolute Gasteiger partial charge is 0.326 e. The van der Waals surface area contributed by atoms with Gasteiger partial charge in [0, 0.05) is 0 Å². The van der Waals surface area contributed by atoms with Crippen LogP contribution < -0.4 is 10.1 Å². The molecule has 0 spiro atoms. The highest BCUT2D eigenvalue weighted by atomic mass is 19.1. The maximum atomic E-state index is 13.5. The van der Waals surface area contributed by atoms with Gasteiger partial charge in [-0.25, -0.2) is 9.18 Å². The Kier molecular flexibility index (Phi) is 5.96. The van der Waals surface area contributed by atoms with Gasteiger partial charge in [0.25, 0.3) is 0 Å². The number of hydrogen-bond donors (Lipinski definition) is 2. The predicted octanol–water partition coefficient (Wildman–Crippen LogP) is 1.75. The van der Waals surface area contributed by atoms with Gasteiger partial charge in [0.05, 0.1) is 13.5 Å². The first-order chi connectivity index (χ1) is 9.47. The number of carbonyl (C=O) groups excluding carboxylic acids is 1. The van der Waals surface area contributed by atoms with Gasteiger partial charge >= 0.3 is 5.97 Å². The number of benzene rings is 1. The molecule has 0 aliphatic rings. The first-order valence-corrected chi connectivity index (χ1v) is 6.32. The van der Waals surface area contributed by atoms with E-state index in [4.69, 9.17) is 9.84 Å². The van der Waals surface area contributed by atoms with Crippen LogP contribution in [0.5, 0.6) is 5.75 Å². The molecule has 20 heavy (non-hydrogen) atoms. The molecular weight excluding hydrogens is 265 g/mol. The van der Waals surface area contributed by atoms with Crippen LogP contribution in [0.1, 0.15) is 25.3 Å². The molecule has 1 rings (SSSR count). The van der Waals surface area contributed by atoms with Crippen LogP contribution in [0.4, 0.5) is 4.39 Å². The largest absolute Gasteiger partial charge is 0.494 e. The molecule has 0 aromatic heterocycles. The zero-order valence-corrected chi connectivity index (χ0v) is 11.5. The van der Waals surface area contributed by atoms with E-state index in [0.717, 1.165) is 0 Å². The zero-order valence-electron chi connectivity index (χ0n) is 11.5. The molecule has 0 aliphatic carbocycles. The van der Waals surface area contributed by atoms with Crippen molar-refractivity contribution in [1.29, 1.82) is 0 Å². The molecule has 0 radical (unpaired) electrons. The summed E-state index contributed by atoms with van der Waals surface area (Å²) < 4.78 is 18.2. The van der Waals surface area contributed by atoms with E-state index in [0.29, 0.717) is 18.4 Å². The van der Waals surface area contributed by atoms with E-state index in [1.807, 2.05) is 6.92 Å². The Hall–Kier alpha value is -2.11. The van der Waals surface area contributed by atoms with E-state index in [-0.39, 0.29) is 12.2 Å². The molecule has 0 unspecified atom stereocenters. The minimum absolute atomic E-state index is 0.0750. The van der Waals surface area contributed by atoms with E-state index >= 15 is 0 Å². The minimum Gasteiger partial charge on any atom is -0.494 e. The van der Waals surface area contributed by atoms with Crippen molar-refractivity contribution in [1.82, 2.24) is 5.32 Å². The molecule has 0 saturated carbocycles. The highest BCUT2D eigenvalue weighted by Gasteiger charge is 2.19. The molecule has 0 bridgehead atoms. The lowest BCUT2D eigenvalue weighted by Gasteiger charge is -2.13. The van der Waals surface area contributed by atoms with Gasteiger partial charge in [-0.05, 0) is 24.1 Å². The molecule has 1 atom stereocenters. The highest BCUT2D eigenvalue weighted by molar-refractivity contribution is 5.84. The summed E-state index contributed by atoms with van der Waals surface area (Å²) in [5, 5.41) is 11.4. The molecule has 1 amide bonds. The van der Waals surface area contributed by atoms with Crippen LogP contribution in [0.25, 0.3) is 0 Å². The van der Waals surface area contributed by atoms with E-state index in [1.54, 1.807) is 6.07 Å². The van der Waals surface area contributed by atoms with Crippen LogP contribution in [0.3, 0.4) is 0 Å². The molecule has 1 aromatic rings. The molecule has 0 saturated heterocycles. The summed E-state index contributed by atoms with van der Waals surface area (Å²) in [6.45, 7) is 1.83. The van der Waals surface area contributed by atoms with Gasteiger partial charge < -0.3 is 15.2 Å². The number of halogens is 1. The van der Waals surface area contributed by atoms with Crippen molar-refractivity contribution in [3.05, 3.63) is 29.6 Å². The van der Waals surface area contributed by atoms with Gasteiger partial charge in [-0.3, -0.25) is 4.79 Å². The Bertz CT molecular complexity index is 490. The fraction of sp³-hybridized carbons (Fsp3) is 0.429. The molecule has 1 aromatic carbocycles. The summed E-state index contributed by atoms with van der Waals surface area (Å²) in [5.41, 5.74) is 0.460. The van der Waals surface area contributed by atoms with Crippen LogP contribution in [-0.4, -0.2) is 30.1 Å². The quantitative estimate of drug-likeness (QED) is 0.799. The fourth-order valence-electron chi connectivity index (χ4n) is 1.80.